The maximum absolute atomic E-state index is 8.89. The number of anilines is 2. The first-order chi connectivity index (χ1) is 7.60. The van der Waals surface area contributed by atoms with E-state index >= 15 is 0 Å². The highest BCUT2D eigenvalue weighted by Gasteiger charge is 2.17. The summed E-state index contributed by atoms with van der Waals surface area (Å²) in [6.45, 7) is 8.07. The highest BCUT2D eigenvalue weighted by atomic mass is 32.1. The molecule has 0 saturated carbocycles. The summed E-state index contributed by atoms with van der Waals surface area (Å²) in [6, 6.07) is 2.05. The number of rotatable bonds is 5. The van der Waals surface area contributed by atoms with Gasteiger partial charge in [-0.15, -0.1) is 17.9 Å². The van der Waals surface area contributed by atoms with Gasteiger partial charge in [-0.3, -0.25) is 0 Å². The van der Waals surface area contributed by atoms with Crippen molar-refractivity contribution in [3.8, 4) is 11.8 Å². The average molecular weight is 237 g/mol. The van der Waals surface area contributed by atoms with Gasteiger partial charge in [0.2, 0.25) is 0 Å². The van der Waals surface area contributed by atoms with E-state index in [1.165, 1.54) is 11.3 Å². The molecule has 0 fully saturated rings. The minimum Gasteiger partial charge on any atom is -0.486 e. The number of hydrogen-bond donors (Lipinski definition) is 2. The lowest BCUT2D eigenvalue weighted by atomic mass is 10.3. The molecule has 0 amide bonds. The molecule has 86 valence electrons. The normalized spacial score (nSPS) is 9.88. The lowest BCUT2D eigenvalue weighted by Crippen LogP contribution is -2.08. The number of nitrogens with zero attached hydrogens (tertiary/aromatic N) is 1. The molecule has 4 nitrogen and oxygen atoms in total. The summed E-state index contributed by atoms with van der Waals surface area (Å²) in [6.07, 6.45) is 1.76. The number of thiophene rings is 1. The zero-order valence-corrected chi connectivity index (χ0v) is 10.2. The van der Waals surface area contributed by atoms with Gasteiger partial charge in [0.1, 0.15) is 21.6 Å². The van der Waals surface area contributed by atoms with E-state index in [0.29, 0.717) is 22.9 Å². The fourth-order valence-electron chi connectivity index (χ4n) is 1.15. The second-order valence-corrected chi connectivity index (χ2v) is 4.47. The molecule has 0 atom stereocenters. The maximum Gasteiger partial charge on any atom is 0.178 e. The van der Waals surface area contributed by atoms with E-state index in [1.807, 2.05) is 13.8 Å². The Morgan fingerprint density at radius 1 is 1.69 bits per heavy atom. The molecule has 1 rings (SSSR count). The topological polar surface area (TPSA) is 71.1 Å². The average Bonchev–Trinajstić information content (AvgIpc) is 2.53. The van der Waals surface area contributed by atoms with Gasteiger partial charge in [-0.25, -0.2) is 0 Å². The molecule has 0 aliphatic carbocycles. The minimum absolute atomic E-state index is 0.0210. The van der Waals surface area contributed by atoms with Crippen LogP contribution in [0, 0.1) is 11.3 Å². The Hall–Kier alpha value is -1.67. The second-order valence-electron chi connectivity index (χ2n) is 3.45. The van der Waals surface area contributed by atoms with Crippen molar-refractivity contribution in [1.82, 2.24) is 0 Å². The van der Waals surface area contributed by atoms with Gasteiger partial charge >= 0.3 is 0 Å². The lowest BCUT2D eigenvalue weighted by molar-refractivity contribution is 0.246. The number of nitriles is 1. The Kier molecular flexibility index (Phi) is 4.20. The number of nitrogens with one attached hydrogen (secondary N) is 1. The van der Waals surface area contributed by atoms with Crippen molar-refractivity contribution in [2.75, 3.05) is 17.6 Å². The van der Waals surface area contributed by atoms with Crippen molar-refractivity contribution in [2.45, 2.75) is 20.0 Å². The van der Waals surface area contributed by atoms with Crippen LogP contribution in [0.1, 0.15) is 18.7 Å². The third-order valence-corrected chi connectivity index (χ3v) is 2.81. The first-order valence-corrected chi connectivity index (χ1v) is 5.75. The van der Waals surface area contributed by atoms with E-state index in [2.05, 4.69) is 18.0 Å². The minimum atomic E-state index is 0.0210. The number of hydrogen-bond acceptors (Lipinski definition) is 5. The van der Waals surface area contributed by atoms with Gasteiger partial charge in [0.25, 0.3) is 0 Å². The van der Waals surface area contributed by atoms with Crippen molar-refractivity contribution in [3.05, 3.63) is 17.5 Å². The van der Waals surface area contributed by atoms with E-state index in [1.54, 1.807) is 6.08 Å². The summed E-state index contributed by atoms with van der Waals surface area (Å²) in [5.74, 6) is 0.568. The highest BCUT2D eigenvalue weighted by Crippen LogP contribution is 2.42. The SMILES string of the molecule is C=CCNc1sc(C#N)c(N)c1OC(C)C. The third-order valence-electron chi connectivity index (χ3n) is 1.76. The fraction of sp³-hybridized carbons (Fsp3) is 0.364. The summed E-state index contributed by atoms with van der Waals surface area (Å²) < 4.78 is 5.59. The van der Waals surface area contributed by atoms with E-state index in [-0.39, 0.29) is 6.10 Å². The molecule has 1 aromatic rings. The Bertz CT molecular complexity index is 418. The van der Waals surface area contributed by atoms with Gasteiger partial charge in [-0.2, -0.15) is 5.26 Å². The van der Waals surface area contributed by atoms with Crippen LogP contribution in [0.3, 0.4) is 0 Å². The predicted molar refractivity (Wildman–Crippen MR) is 67.9 cm³/mol. The van der Waals surface area contributed by atoms with Crippen LogP contribution >= 0.6 is 11.3 Å². The third kappa shape index (κ3) is 2.67. The fourth-order valence-corrected chi connectivity index (χ4v) is 2.00. The van der Waals surface area contributed by atoms with Crippen LogP contribution in [-0.2, 0) is 0 Å². The number of nitrogen functional groups attached to an aromatic ring is 1. The number of nitrogens with two attached hydrogens (primary N) is 1. The van der Waals surface area contributed by atoms with Crippen LogP contribution in [0.2, 0.25) is 0 Å². The Balaban J connectivity index is 3.04. The first-order valence-electron chi connectivity index (χ1n) is 4.94. The zero-order valence-electron chi connectivity index (χ0n) is 9.41. The van der Waals surface area contributed by atoms with Crippen molar-refractivity contribution >= 4 is 22.0 Å². The molecule has 0 bridgehead atoms. The summed E-state index contributed by atoms with van der Waals surface area (Å²) in [4.78, 5) is 0.474. The molecule has 0 unspecified atom stereocenters. The van der Waals surface area contributed by atoms with Crippen LogP contribution in [0.5, 0.6) is 5.75 Å². The zero-order chi connectivity index (χ0) is 12.1. The molecule has 1 heterocycles. The monoisotopic (exact) mass is 237 g/mol. The summed E-state index contributed by atoms with van der Waals surface area (Å²) in [5, 5.41) is 12.8. The lowest BCUT2D eigenvalue weighted by Gasteiger charge is -2.11. The Morgan fingerprint density at radius 2 is 2.38 bits per heavy atom. The molecule has 0 aliphatic heterocycles. The van der Waals surface area contributed by atoms with Crippen molar-refractivity contribution in [2.24, 2.45) is 0 Å². The molecule has 3 N–H and O–H groups in total. The predicted octanol–water partition coefficient (Wildman–Crippen LogP) is 2.59. The first kappa shape index (κ1) is 12.4. The van der Waals surface area contributed by atoms with Gasteiger partial charge in [-0.1, -0.05) is 6.08 Å². The van der Waals surface area contributed by atoms with Crippen LogP contribution in [-0.4, -0.2) is 12.6 Å². The van der Waals surface area contributed by atoms with Crippen molar-refractivity contribution in [1.29, 1.82) is 5.26 Å². The molecule has 5 heteroatoms. The van der Waals surface area contributed by atoms with E-state index < -0.39 is 0 Å². The molecule has 0 radical (unpaired) electrons. The Morgan fingerprint density at radius 3 is 2.88 bits per heavy atom. The van der Waals surface area contributed by atoms with Crippen LogP contribution < -0.4 is 15.8 Å². The number of ether oxygens (including phenoxy) is 1. The van der Waals surface area contributed by atoms with Crippen LogP contribution in [0.25, 0.3) is 0 Å². The molecule has 0 saturated heterocycles. The van der Waals surface area contributed by atoms with Crippen LogP contribution in [0.4, 0.5) is 10.7 Å². The van der Waals surface area contributed by atoms with Gasteiger partial charge in [0.05, 0.1) is 6.10 Å². The molecule has 0 aliphatic rings. The molecule has 1 aromatic heterocycles. The highest BCUT2D eigenvalue weighted by molar-refractivity contribution is 7.17. The molecule has 0 aromatic carbocycles. The standard InChI is InChI=1S/C11H15N3OS/c1-4-5-14-11-10(15-7(2)3)9(13)8(6-12)16-11/h4,7,14H,1,5,13H2,2-3H3. The van der Waals surface area contributed by atoms with E-state index in [0.717, 1.165) is 5.00 Å². The largest absolute Gasteiger partial charge is 0.486 e. The Labute approximate surface area is 99.3 Å². The van der Waals surface area contributed by atoms with Crippen LogP contribution in [0.15, 0.2) is 12.7 Å². The maximum atomic E-state index is 8.89. The second kappa shape index (κ2) is 5.42. The summed E-state index contributed by atoms with van der Waals surface area (Å²) in [5.41, 5.74) is 6.24. The molecular formula is C11H15N3OS. The summed E-state index contributed by atoms with van der Waals surface area (Å²) in [7, 11) is 0. The van der Waals surface area contributed by atoms with Crippen molar-refractivity contribution < 1.29 is 4.74 Å². The summed E-state index contributed by atoms with van der Waals surface area (Å²) >= 11 is 1.30. The van der Waals surface area contributed by atoms with Gasteiger partial charge in [0, 0.05) is 6.54 Å². The van der Waals surface area contributed by atoms with Gasteiger partial charge in [-0.05, 0) is 13.8 Å². The quantitative estimate of drug-likeness (QED) is 0.772. The van der Waals surface area contributed by atoms with Crippen molar-refractivity contribution in [3.63, 3.8) is 0 Å². The van der Waals surface area contributed by atoms with Gasteiger partial charge < -0.3 is 15.8 Å². The van der Waals surface area contributed by atoms with E-state index in [9.17, 15) is 0 Å². The molecule has 0 spiro atoms. The molecule has 16 heavy (non-hydrogen) atoms. The van der Waals surface area contributed by atoms with Gasteiger partial charge in [0.15, 0.2) is 5.75 Å². The smallest absolute Gasteiger partial charge is 0.178 e. The van der Waals surface area contributed by atoms with E-state index in [4.69, 9.17) is 15.7 Å². The molecular weight excluding hydrogens is 222 g/mol.